The summed E-state index contributed by atoms with van der Waals surface area (Å²) in [6.45, 7) is 4.36. The third kappa shape index (κ3) is 1.62. The van der Waals surface area contributed by atoms with Gasteiger partial charge >= 0.3 is 0 Å². The van der Waals surface area contributed by atoms with Crippen LogP contribution in [0.1, 0.15) is 10.4 Å². The number of carbonyl (C=O) groups excluding carboxylic acids is 1. The Morgan fingerprint density at radius 2 is 2.18 bits per heavy atom. The third-order valence-corrected chi connectivity index (χ3v) is 3.28. The summed E-state index contributed by atoms with van der Waals surface area (Å²) in [6.07, 6.45) is 0. The van der Waals surface area contributed by atoms with Crippen LogP contribution in [0, 0.1) is 13.8 Å². The molecule has 0 aliphatic rings. The lowest BCUT2D eigenvalue weighted by Gasteiger charge is -1.95. The van der Waals surface area contributed by atoms with Gasteiger partial charge in [-0.25, -0.2) is 0 Å². The quantitative estimate of drug-likeness (QED) is 0.736. The second-order valence-corrected chi connectivity index (χ2v) is 4.64. The highest BCUT2D eigenvalue weighted by atomic mass is 79.9. The minimum Gasteiger partial charge on any atom is -0.426 e. The van der Waals surface area contributed by atoms with E-state index in [1.54, 1.807) is 11.3 Å². The van der Waals surface area contributed by atoms with Crippen LogP contribution in [0.3, 0.4) is 0 Å². The van der Waals surface area contributed by atoms with Crippen LogP contribution in [-0.4, -0.2) is 6.47 Å². The highest BCUT2D eigenvalue weighted by Gasteiger charge is 2.10. The average Bonchev–Trinajstić information content (AvgIpc) is 2.17. The SMILES string of the molecule is Cc1sc(Br)c(OC=O)c1C. The maximum absolute atomic E-state index is 10.0. The molecule has 0 unspecified atom stereocenters. The molecule has 0 radical (unpaired) electrons. The van der Waals surface area contributed by atoms with Crippen molar-refractivity contribution < 1.29 is 9.53 Å². The van der Waals surface area contributed by atoms with Crippen LogP contribution in [0.15, 0.2) is 3.79 Å². The molecule has 1 rings (SSSR count). The van der Waals surface area contributed by atoms with Gasteiger partial charge in [0.2, 0.25) is 0 Å². The summed E-state index contributed by atoms with van der Waals surface area (Å²) >= 11 is 4.87. The Morgan fingerprint density at radius 3 is 2.55 bits per heavy atom. The van der Waals surface area contributed by atoms with E-state index in [2.05, 4.69) is 15.9 Å². The average molecular weight is 235 g/mol. The van der Waals surface area contributed by atoms with Crippen molar-refractivity contribution in [2.45, 2.75) is 13.8 Å². The molecule has 0 amide bonds. The number of rotatable bonds is 2. The third-order valence-electron chi connectivity index (χ3n) is 1.46. The van der Waals surface area contributed by atoms with Gasteiger partial charge in [0.25, 0.3) is 6.47 Å². The summed E-state index contributed by atoms with van der Waals surface area (Å²) in [5.74, 6) is 0.641. The predicted molar refractivity (Wildman–Crippen MR) is 48.2 cm³/mol. The molecule has 11 heavy (non-hydrogen) atoms. The Kier molecular flexibility index (Phi) is 2.67. The number of hydrogen-bond donors (Lipinski definition) is 0. The fourth-order valence-electron chi connectivity index (χ4n) is 0.747. The molecule has 0 N–H and O–H groups in total. The van der Waals surface area contributed by atoms with Gasteiger partial charge in [-0.3, -0.25) is 4.79 Å². The Labute approximate surface area is 77.3 Å². The molecule has 0 aliphatic carbocycles. The molecular weight excluding hydrogens is 228 g/mol. The minimum absolute atomic E-state index is 0.444. The number of thiophene rings is 1. The lowest BCUT2D eigenvalue weighted by atomic mass is 10.3. The summed E-state index contributed by atoms with van der Waals surface area (Å²) in [5, 5.41) is 0. The molecule has 2 nitrogen and oxygen atoms in total. The van der Waals surface area contributed by atoms with Crippen LogP contribution < -0.4 is 4.74 Å². The van der Waals surface area contributed by atoms with Crippen molar-refractivity contribution in [1.82, 2.24) is 0 Å². The number of hydrogen-bond acceptors (Lipinski definition) is 3. The molecule has 0 aromatic carbocycles. The molecule has 0 atom stereocenters. The monoisotopic (exact) mass is 234 g/mol. The second-order valence-electron chi connectivity index (χ2n) is 2.10. The van der Waals surface area contributed by atoms with Crippen molar-refractivity contribution in [3.05, 3.63) is 14.2 Å². The van der Waals surface area contributed by atoms with E-state index < -0.39 is 0 Å². The molecule has 1 aromatic heterocycles. The first-order valence-electron chi connectivity index (χ1n) is 3.02. The van der Waals surface area contributed by atoms with E-state index in [0.29, 0.717) is 12.2 Å². The zero-order valence-electron chi connectivity index (χ0n) is 6.18. The van der Waals surface area contributed by atoms with Gasteiger partial charge in [0, 0.05) is 10.4 Å². The van der Waals surface area contributed by atoms with Crippen molar-refractivity contribution in [1.29, 1.82) is 0 Å². The Balaban J connectivity index is 3.11. The zero-order valence-corrected chi connectivity index (χ0v) is 8.58. The molecular formula is C7H7BrO2S. The first-order valence-corrected chi connectivity index (χ1v) is 4.63. The second kappa shape index (κ2) is 3.36. The van der Waals surface area contributed by atoms with E-state index in [4.69, 9.17) is 4.74 Å². The zero-order chi connectivity index (χ0) is 8.43. The first kappa shape index (κ1) is 8.74. The predicted octanol–water partition coefficient (Wildman–Crippen LogP) is 2.66. The topological polar surface area (TPSA) is 26.3 Å². The summed E-state index contributed by atoms with van der Waals surface area (Å²) in [5.41, 5.74) is 1.02. The van der Waals surface area contributed by atoms with Crippen molar-refractivity contribution in [3.8, 4) is 5.75 Å². The molecule has 60 valence electrons. The van der Waals surface area contributed by atoms with Crippen LogP contribution >= 0.6 is 27.3 Å². The van der Waals surface area contributed by atoms with Gasteiger partial charge in [-0.1, -0.05) is 0 Å². The molecule has 0 aliphatic heterocycles. The fraction of sp³-hybridized carbons (Fsp3) is 0.286. The summed E-state index contributed by atoms with van der Waals surface area (Å²) in [6, 6.07) is 0. The lowest BCUT2D eigenvalue weighted by Crippen LogP contribution is -1.88. The van der Waals surface area contributed by atoms with Gasteiger partial charge < -0.3 is 4.74 Å². The number of aryl methyl sites for hydroxylation is 1. The van der Waals surface area contributed by atoms with Crippen LogP contribution in [-0.2, 0) is 4.79 Å². The summed E-state index contributed by atoms with van der Waals surface area (Å²) in [7, 11) is 0. The van der Waals surface area contributed by atoms with Crippen molar-refractivity contribution in [3.63, 3.8) is 0 Å². The molecule has 1 aromatic rings. The Bertz CT molecular complexity index is 280. The Morgan fingerprint density at radius 1 is 1.55 bits per heavy atom. The Hall–Kier alpha value is -0.350. The van der Waals surface area contributed by atoms with E-state index in [-0.39, 0.29) is 0 Å². The van der Waals surface area contributed by atoms with Gasteiger partial charge in [-0.2, -0.15) is 0 Å². The summed E-state index contributed by atoms with van der Waals surface area (Å²) < 4.78 is 5.65. The van der Waals surface area contributed by atoms with Gasteiger partial charge in [-0.15, -0.1) is 11.3 Å². The highest BCUT2D eigenvalue weighted by Crippen LogP contribution is 2.38. The molecule has 0 fully saturated rings. The molecule has 0 bridgehead atoms. The number of ether oxygens (including phenoxy) is 1. The van der Waals surface area contributed by atoms with Crippen molar-refractivity contribution in [2.24, 2.45) is 0 Å². The van der Waals surface area contributed by atoms with Gasteiger partial charge in [0.1, 0.15) is 3.79 Å². The lowest BCUT2D eigenvalue weighted by molar-refractivity contribution is -0.120. The van der Waals surface area contributed by atoms with E-state index in [9.17, 15) is 4.79 Å². The van der Waals surface area contributed by atoms with Crippen molar-refractivity contribution in [2.75, 3.05) is 0 Å². The molecule has 1 heterocycles. The van der Waals surface area contributed by atoms with Crippen LogP contribution in [0.25, 0.3) is 0 Å². The normalized spacial score (nSPS) is 9.73. The fourth-order valence-corrected chi connectivity index (χ4v) is 2.68. The maximum Gasteiger partial charge on any atom is 0.298 e. The highest BCUT2D eigenvalue weighted by molar-refractivity contribution is 9.11. The summed E-state index contributed by atoms with van der Waals surface area (Å²) in [4.78, 5) is 11.2. The van der Waals surface area contributed by atoms with Gasteiger partial charge in [-0.05, 0) is 29.8 Å². The van der Waals surface area contributed by atoms with Gasteiger partial charge in [0.15, 0.2) is 5.75 Å². The van der Waals surface area contributed by atoms with Crippen LogP contribution in [0.2, 0.25) is 0 Å². The standard InChI is InChI=1S/C7H7BrO2S/c1-4-5(2)11-7(8)6(4)10-3-9/h3H,1-2H3. The molecule has 4 heteroatoms. The van der Waals surface area contributed by atoms with E-state index in [1.807, 2.05) is 13.8 Å². The van der Waals surface area contributed by atoms with E-state index in [1.165, 1.54) is 0 Å². The van der Waals surface area contributed by atoms with Crippen LogP contribution in [0.5, 0.6) is 5.75 Å². The van der Waals surface area contributed by atoms with Gasteiger partial charge in [0.05, 0.1) is 0 Å². The van der Waals surface area contributed by atoms with Crippen molar-refractivity contribution >= 4 is 33.7 Å². The molecule has 0 saturated carbocycles. The minimum atomic E-state index is 0.444. The molecule has 0 spiro atoms. The van der Waals surface area contributed by atoms with Crippen LogP contribution in [0.4, 0.5) is 0 Å². The number of carbonyl (C=O) groups is 1. The molecule has 0 saturated heterocycles. The number of halogens is 1. The smallest absolute Gasteiger partial charge is 0.298 e. The first-order chi connectivity index (χ1) is 5.16. The van der Waals surface area contributed by atoms with E-state index in [0.717, 1.165) is 14.2 Å². The largest absolute Gasteiger partial charge is 0.426 e. The maximum atomic E-state index is 10.0. The van der Waals surface area contributed by atoms with E-state index >= 15 is 0 Å².